The molecule has 1 fully saturated rings. The maximum absolute atomic E-state index is 12.7. The Bertz CT molecular complexity index is 1010. The molecule has 0 radical (unpaired) electrons. The monoisotopic (exact) mass is 445 g/mol. The average molecular weight is 446 g/mol. The molecule has 1 aromatic carbocycles. The van der Waals surface area contributed by atoms with Gasteiger partial charge in [-0.25, -0.2) is 18.5 Å². The van der Waals surface area contributed by atoms with Crippen LogP contribution in [0.5, 0.6) is 5.75 Å². The predicted octanol–water partition coefficient (Wildman–Crippen LogP) is 2.40. The number of fused-ring (bicyclic) bond motifs is 1. The lowest BCUT2D eigenvalue weighted by Crippen LogP contribution is -2.47. The number of hydrogen-bond donors (Lipinski definition) is 0. The number of benzene rings is 1. The third-order valence-electron chi connectivity index (χ3n) is 6.03. The van der Waals surface area contributed by atoms with Gasteiger partial charge in [0, 0.05) is 64.4 Å². The molecule has 1 saturated heterocycles. The number of piperazine rings is 1. The molecular formula is C22H31N5O3S. The minimum atomic E-state index is -2.50. The van der Waals surface area contributed by atoms with Crippen molar-refractivity contribution in [1.29, 1.82) is 0 Å². The molecule has 2 aliphatic heterocycles. The highest BCUT2D eigenvalue weighted by Crippen LogP contribution is 2.31. The van der Waals surface area contributed by atoms with Crippen LogP contribution >= 0.6 is 0 Å². The van der Waals surface area contributed by atoms with Gasteiger partial charge in [-0.1, -0.05) is 12.1 Å². The van der Waals surface area contributed by atoms with E-state index in [9.17, 15) is 4.21 Å². The Morgan fingerprint density at radius 3 is 2.68 bits per heavy atom. The highest BCUT2D eigenvalue weighted by Gasteiger charge is 2.25. The number of aromatic nitrogens is 2. The molecule has 8 nitrogen and oxygen atoms in total. The molecule has 0 spiro atoms. The molecule has 0 bridgehead atoms. The summed E-state index contributed by atoms with van der Waals surface area (Å²) < 4.78 is 27.7. The SMILES string of the molecule is COCCN=S(C)(=O)c1cnc(N2CCN(C(C)c3ccc4c(c3)OCC4)CC2)nc1. The zero-order valence-electron chi connectivity index (χ0n) is 18.5. The fourth-order valence-electron chi connectivity index (χ4n) is 4.01. The van der Waals surface area contributed by atoms with E-state index in [1.165, 1.54) is 11.1 Å². The molecular weight excluding hydrogens is 414 g/mol. The molecule has 0 amide bonds. The Balaban J connectivity index is 1.36. The maximum atomic E-state index is 12.7. The minimum Gasteiger partial charge on any atom is -0.493 e. The number of ether oxygens (including phenoxy) is 2. The van der Waals surface area contributed by atoms with Crippen molar-refractivity contribution in [3.63, 3.8) is 0 Å². The van der Waals surface area contributed by atoms with E-state index in [2.05, 4.69) is 49.3 Å². The summed E-state index contributed by atoms with van der Waals surface area (Å²) in [4.78, 5) is 14.2. The zero-order valence-corrected chi connectivity index (χ0v) is 19.3. The topological polar surface area (TPSA) is 80.2 Å². The van der Waals surface area contributed by atoms with Gasteiger partial charge in [0.15, 0.2) is 0 Å². The van der Waals surface area contributed by atoms with Gasteiger partial charge >= 0.3 is 0 Å². The summed E-state index contributed by atoms with van der Waals surface area (Å²) >= 11 is 0. The summed E-state index contributed by atoms with van der Waals surface area (Å²) in [5, 5.41) is 0. The van der Waals surface area contributed by atoms with E-state index in [0.29, 0.717) is 30.0 Å². The van der Waals surface area contributed by atoms with Crippen LogP contribution in [0.4, 0.5) is 5.95 Å². The smallest absolute Gasteiger partial charge is 0.225 e. The molecule has 4 rings (SSSR count). The van der Waals surface area contributed by atoms with E-state index in [0.717, 1.165) is 45.0 Å². The van der Waals surface area contributed by atoms with Crippen LogP contribution in [0.25, 0.3) is 0 Å². The summed E-state index contributed by atoms with van der Waals surface area (Å²) in [6.07, 6.45) is 5.90. The fraction of sp³-hybridized carbons (Fsp3) is 0.545. The summed E-state index contributed by atoms with van der Waals surface area (Å²) in [6.45, 7) is 7.45. The van der Waals surface area contributed by atoms with E-state index >= 15 is 0 Å². The Labute approximate surface area is 184 Å². The van der Waals surface area contributed by atoms with Crippen molar-refractivity contribution in [2.24, 2.45) is 4.36 Å². The molecule has 2 atom stereocenters. The molecule has 31 heavy (non-hydrogen) atoms. The second-order valence-electron chi connectivity index (χ2n) is 8.03. The first-order chi connectivity index (χ1) is 15.0. The van der Waals surface area contributed by atoms with Crippen molar-refractivity contribution < 1.29 is 13.7 Å². The molecule has 168 valence electrons. The summed E-state index contributed by atoms with van der Waals surface area (Å²) in [5.41, 5.74) is 2.61. The van der Waals surface area contributed by atoms with E-state index in [-0.39, 0.29) is 0 Å². The average Bonchev–Trinajstić information content (AvgIpc) is 3.27. The molecule has 9 heteroatoms. The van der Waals surface area contributed by atoms with Gasteiger partial charge in [0.25, 0.3) is 0 Å². The zero-order chi connectivity index (χ0) is 21.8. The quantitative estimate of drug-likeness (QED) is 0.606. The lowest BCUT2D eigenvalue weighted by molar-refractivity contribution is 0.197. The number of rotatable bonds is 7. The highest BCUT2D eigenvalue weighted by atomic mass is 32.2. The van der Waals surface area contributed by atoms with E-state index in [1.54, 1.807) is 25.8 Å². The van der Waals surface area contributed by atoms with Crippen LogP contribution < -0.4 is 9.64 Å². The van der Waals surface area contributed by atoms with Crippen LogP contribution in [-0.4, -0.2) is 78.4 Å². The molecule has 0 N–H and O–H groups in total. The van der Waals surface area contributed by atoms with Gasteiger partial charge in [-0.2, -0.15) is 0 Å². The van der Waals surface area contributed by atoms with Crippen molar-refractivity contribution in [3.05, 3.63) is 41.7 Å². The predicted molar refractivity (Wildman–Crippen MR) is 121 cm³/mol. The summed E-state index contributed by atoms with van der Waals surface area (Å²) in [7, 11) is -0.899. The van der Waals surface area contributed by atoms with Gasteiger partial charge in [0.1, 0.15) is 5.75 Å². The molecule has 0 saturated carbocycles. The van der Waals surface area contributed by atoms with Gasteiger partial charge in [-0.15, -0.1) is 0 Å². The van der Waals surface area contributed by atoms with Crippen molar-refractivity contribution in [3.8, 4) is 5.75 Å². The first-order valence-electron chi connectivity index (χ1n) is 10.7. The van der Waals surface area contributed by atoms with Gasteiger partial charge < -0.3 is 14.4 Å². The highest BCUT2D eigenvalue weighted by molar-refractivity contribution is 7.93. The van der Waals surface area contributed by atoms with Crippen molar-refractivity contribution in [2.45, 2.75) is 24.3 Å². The fourth-order valence-corrected chi connectivity index (χ4v) is 5.08. The van der Waals surface area contributed by atoms with Gasteiger partial charge in [-0.05, 0) is 24.1 Å². The molecule has 1 aromatic heterocycles. The van der Waals surface area contributed by atoms with Crippen LogP contribution in [0.2, 0.25) is 0 Å². The second-order valence-corrected chi connectivity index (χ2v) is 10.4. The van der Waals surface area contributed by atoms with Crippen LogP contribution in [-0.2, 0) is 20.9 Å². The van der Waals surface area contributed by atoms with Crippen molar-refractivity contribution in [1.82, 2.24) is 14.9 Å². The van der Waals surface area contributed by atoms with E-state index < -0.39 is 9.73 Å². The largest absolute Gasteiger partial charge is 0.493 e. The van der Waals surface area contributed by atoms with Gasteiger partial charge in [0.05, 0.1) is 34.4 Å². The maximum Gasteiger partial charge on any atom is 0.225 e. The van der Waals surface area contributed by atoms with Crippen LogP contribution in [0, 0.1) is 0 Å². The van der Waals surface area contributed by atoms with E-state index in [1.807, 2.05) is 0 Å². The summed E-state index contributed by atoms with van der Waals surface area (Å²) in [5.74, 6) is 1.71. The van der Waals surface area contributed by atoms with Crippen LogP contribution in [0.15, 0.2) is 39.9 Å². The Hall–Kier alpha value is -2.23. The Kier molecular flexibility index (Phi) is 6.74. The lowest BCUT2D eigenvalue weighted by atomic mass is 10.0. The molecule has 3 heterocycles. The number of anilines is 1. The first-order valence-corrected chi connectivity index (χ1v) is 12.6. The molecule has 2 aromatic rings. The van der Waals surface area contributed by atoms with E-state index in [4.69, 9.17) is 9.47 Å². The van der Waals surface area contributed by atoms with Gasteiger partial charge in [0.2, 0.25) is 5.95 Å². The Morgan fingerprint density at radius 2 is 1.97 bits per heavy atom. The second kappa shape index (κ2) is 9.50. The third kappa shape index (κ3) is 4.99. The first kappa shape index (κ1) is 22.0. The minimum absolute atomic E-state index is 0.332. The molecule has 2 aliphatic rings. The third-order valence-corrected chi connectivity index (χ3v) is 7.79. The van der Waals surface area contributed by atoms with Gasteiger partial charge in [-0.3, -0.25) is 4.90 Å². The number of nitrogens with zero attached hydrogens (tertiary/aromatic N) is 5. The lowest BCUT2D eigenvalue weighted by Gasteiger charge is -2.38. The Morgan fingerprint density at radius 1 is 1.23 bits per heavy atom. The summed E-state index contributed by atoms with van der Waals surface area (Å²) in [6, 6.07) is 6.96. The molecule has 2 unspecified atom stereocenters. The van der Waals surface area contributed by atoms with Crippen LogP contribution in [0.3, 0.4) is 0 Å². The normalized spacial score (nSPS) is 19.4. The number of methoxy groups -OCH3 is 1. The standard InChI is InChI=1S/C22H31N5O3S/c1-17(19-5-4-18-6-12-30-21(18)14-19)26-8-10-27(11-9-26)22-23-15-20(16-24-22)31(3,28)25-7-13-29-2/h4-5,14-17H,6-13H2,1-3H3. The van der Waals surface area contributed by atoms with Crippen molar-refractivity contribution >= 4 is 15.7 Å². The molecule has 0 aliphatic carbocycles. The van der Waals surface area contributed by atoms with Crippen LogP contribution in [0.1, 0.15) is 24.1 Å². The van der Waals surface area contributed by atoms with Crippen molar-refractivity contribution in [2.75, 3.05) is 64.2 Å². The number of hydrogen-bond acceptors (Lipinski definition) is 8.